The maximum atomic E-state index is 10.8. The number of hydrogen-bond acceptors (Lipinski definition) is 4. The van der Waals surface area contributed by atoms with Crippen molar-refractivity contribution in [3.63, 3.8) is 0 Å². The van der Waals surface area contributed by atoms with Gasteiger partial charge in [-0.3, -0.25) is 0 Å². The van der Waals surface area contributed by atoms with Crippen molar-refractivity contribution in [2.75, 3.05) is 20.8 Å². The Balaban J connectivity index is 2.86. The SMILES string of the molecule is COc1cc(C(=O)O)ccc1OCC(C)(C)OC. The number of hydrogen-bond donors (Lipinski definition) is 1. The van der Waals surface area contributed by atoms with Gasteiger partial charge in [0, 0.05) is 7.11 Å². The smallest absolute Gasteiger partial charge is 0.335 e. The van der Waals surface area contributed by atoms with Crippen molar-refractivity contribution in [1.82, 2.24) is 0 Å². The predicted molar refractivity (Wildman–Crippen MR) is 66.5 cm³/mol. The van der Waals surface area contributed by atoms with Gasteiger partial charge in [0.05, 0.1) is 18.3 Å². The van der Waals surface area contributed by atoms with Crippen molar-refractivity contribution in [2.45, 2.75) is 19.4 Å². The van der Waals surface area contributed by atoms with Gasteiger partial charge >= 0.3 is 5.97 Å². The molecule has 0 bridgehead atoms. The summed E-state index contributed by atoms with van der Waals surface area (Å²) in [6.45, 7) is 4.13. The highest BCUT2D eigenvalue weighted by atomic mass is 16.5. The normalized spacial score (nSPS) is 11.1. The molecule has 1 aromatic carbocycles. The summed E-state index contributed by atoms with van der Waals surface area (Å²) < 4.78 is 15.9. The van der Waals surface area contributed by atoms with Crippen LogP contribution in [0.15, 0.2) is 18.2 Å². The number of rotatable bonds is 6. The molecule has 1 N–H and O–H groups in total. The summed E-state index contributed by atoms with van der Waals surface area (Å²) in [6, 6.07) is 4.48. The fraction of sp³-hybridized carbons (Fsp3) is 0.462. The van der Waals surface area contributed by atoms with E-state index < -0.39 is 11.6 Å². The number of carboxylic acid groups (broad SMARTS) is 1. The third kappa shape index (κ3) is 3.63. The quantitative estimate of drug-likeness (QED) is 0.843. The van der Waals surface area contributed by atoms with Crippen LogP contribution in [0.4, 0.5) is 0 Å². The lowest BCUT2D eigenvalue weighted by atomic mass is 10.1. The van der Waals surface area contributed by atoms with Crippen LogP contribution in [0.1, 0.15) is 24.2 Å². The maximum Gasteiger partial charge on any atom is 0.335 e. The maximum absolute atomic E-state index is 10.8. The Morgan fingerprint density at radius 1 is 1.28 bits per heavy atom. The van der Waals surface area contributed by atoms with E-state index in [4.69, 9.17) is 19.3 Å². The lowest BCUT2D eigenvalue weighted by Crippen LogP contribution is -2.30. The minimum absolute atomic E-state index is 0.158. The number of ether oxygens (including phenoxy) is 3. The molecule has 1 rings (SSSR count). The molecule has 18 heavy (non-hydrogen) atoms. The number of aromatic carboxylic acids is 1. The van der Waals surface area contributed by atoms with E-state index in [1.165, 1.54) is 19.2 Å². The Labute approximate surface area is 106 Å². The van der Waals surface area contributed by atoms with Gasteiger partial charge in [0.25, 0.3) is 0 Å². The van der Waals surface area contributed by atoms with Gasteiger partial charge in [-0.1, -0.05) is 0 Å². The van der Waals surface area contributed by atoms with Crippen molar-refractivity contribution >= 4 is 5.97 Å². The topological polar surface area (TPSA) is 65.0 Å². The standard InChI is InChI=1S/C13H18O5/c1-13(2,17-4)8-18-10-6-5-9(12(14)15)7-11(10)16-3/h5-7H,8H2,1-4H3,(H,14,15). The predicted octanol–water partition coefficient (Wildman–Crippen LogP) is 2.20. The summed E-state index contributed by atoms with van der Waals surface area (Å²) in [5, 5.41) is 8.88. The first-order chi connectivity index (χ1) is 8.39. The summed E-state index contributed by atoms with van der Waals surface area (Å²) in [7, 11) is 3.07. The van der Waals surface area contributed by atoms with E-state index in [0.29, 0.717) is 18.1 Å². The number of methoxy groups -OCH3 is 2. The fourth-order valence-electron chi connectivity index (χ4n) is 1.23. The minimum Gasteiger partial charge on any atom is -0.493 e. The van der Waals surface area contributed by atoms with Gasteiger partial charge in [-0.15, -0.1) is 0 Å². The molecular formula is C13H18O5. The summed E-state index contributed by atoms with van der Waals surface area (Å²) in [5.74, 6) is -0.119. The highest BCUT2D eigenvalue weighted by Gasteiger charge is 2.19. The molecule has 0 heterocycles. The average molecular weight is 254 g/mol. The zero-order chi connectivity index (χ0) is 13.8. The largest absolute Gasteiger partial charge is 0.493 e. The molecule has 0 atom stereocenters. The van der Waals surface area contributed by atoms with Gasteiger partial charge in [-0.25, -0.2) is 4.79 Å². The van der Waals surface area contributed by atoms with Crippen LogP contribution >= 0.6 is 0 Å². The Bertz CT molecular complexity index is 425. The van der Waals surface area contributed by atoms with Crippen molar-refractivity contribution in [3.05, 3.63) is 23.8 Å². The van der Waals surface area contributed by atoms with Gasteiger partial charge in [0.15, 0.2) is 11.5 Å². The lowest BCUT2D eigenvalue weighted by molar-refractivity contribution is -0.0152. The number of carboxylic acids is 1. The van der Waals surface area contributed by atoms with E-state index in [1.807, 2.05) is 13.8 Å². The van der Waals surface area contributed by atoms with E-state index in [-0.39, 0.29) is 5.56 Å². The van der Waals surface area contributed by atoms with Gasteiger partial charge in [0.1, 0.15) is 6.61 Å². The molecule has 0 aliphatic rings. The molecule has 0 spiro atoms. The molecule has 0 fully saturated rings. The Kier molecular flexibility index (Phi) is 4.55. The molecule has 1 aromatic rings. The van der Waals surface area contributed by atoms with Crippen LogP contribution in [0.2, 0.25) is 0 Å². The van der Waals surface area contributed by atoms with Crippen molar-refractivity contribution in [2.24, 2.45) is 0 Å². The molecule has 5 nitrogen and oxygen atoms in total. The van der Waals surface area contributed by atoms with Crippen molar-refractivity contribution in [1.29, 1.82) is 0 Å². The van der Waals surface area contributed by atoms with Gasteiger partial charge in [0.2, 0.25) is 0 Å². The first-order valence-corrected chi connectivity index (χ1v) is 5.49. The summed E-state index contributed by atoms with van der Waals surface area (Å²) in [4.78, 5) is 10.8. The molecular weight excluding hydrogens is 236 g/mol. The van der Waals surface area contributed by atoms with Crippen molar-refractivity contribution in [3.8, 4) is 11.5 Å². The van der Waals surface area contributed by atoms with Crippen LogP contribution in [0.25, 0.3) is 0 Å². The van der Waals surface area contributed by atoms with Crippen molar-refractivity contribution < 1.29 is 24.1 Å². The number of benzene rings is 1. The van der Waals surface area contributed by atoms with Crippen LogP contribution < -0.4 is 9.47 Å². The average Bonchev–Trinajstić information content (AvgIpc) is 2.36. The highest BCUT2D eigenvalue weighted by molar-refractivity contribution is 5.88. The Morgan fingerprint density at radius 3 is 2.44 bits per heavy atom. The number of carbonyl (C=O) groups is 1. The summed E-state index contributed by atoms with van der Waals surface area (Å²) in [5.41, 5.74) is -0.263. The molecule has 0 unspecified atom stereocenters. The first kappa shape index (κ1) is 14.3. The van der Waals surface area contributed by atoms with E-state index in [2.05, 4.69) is 0 Å². The van der Waals surface area contributed by atoms with E-state index in [9.17, 15) is 4.79 Å². The van der Waals surface area contributed by atoms with E-state index >= 15 is 0 Å². The van der Waals surface area contributed by atoms with E-state index in [0.717, 1.165) is 0 Å². The second-order valence-corrected chi connectivity index (χ2v) is 4.42. The second kappa shape index (κ2) is 5.73. The molecule has 0 amide bonds. The summed E-state index contributed by atoms with van der Waals surface area (Å²) >= 11 is 0. The minimum atomic E-state index is -1.00. The van der Waals surface area contributed by atoms with Crippen LogP contribution in [-0.4, -0.2) is 37.5 Å². The molecule has 5 heteroatoms. The Hall–Kier alpha value is -1.75. The monoisotopic (exact) mass is 254 g/mol. The van der Waals surface area contributed by atoms with E-state index in [1.54, 1.807) is 13.2 Å². The fourth-order valence-corrected chi connectivity index (χ4v) is 1.23. The molecule has 0 radical (unpaired) electrons. The molecule has 0 saturated carbocycles. The van der Waals surface area contributed by atoms with Crippen LogP contribution in [0, 0.1) is 0 Å². The summed E-state index contributed by atoms with van der Waals surface area (Å²) in [6.07, 6.45) is 0. The van der Waals surface area contributed by atoms with Crippen LogP contribution in [0.3, 0.4) is 0 Å². The molecule has 0 aromatic heterocycles. The lowest BCUT2D eigenvalue weighted by Gasteiger charge is -2.23. The first-order valence-electron chi connectivity index (χ1n) is 5.49. The third-order valence-corrected chi connectivity index (χ3v) is 2.54. The van der Waals surface area contributed by atoms with Gasteiger partial charge in [-0.05, 0) is 32.0 Å². The van der Waals surface area contributed by atoms with Gasteiger partial charge in [-0.2, -0.15) is 0 Å². The zero-order valence-electron chi connectivity index (χ0n) is 11.0. The molecule has 0 aliphatic carbocycles. The molecule has 100 valence electrons. The van der Waals surface area contributed by atoms with Gasteiger partial charge < -0.3 is 19.3 Å². The van der Waals surface area contributed by atoms with Crippen LogP contribution in [0.5, 0.6) is 11.5 Å². The zero-order valence-corrected chi connectivity index (χ0v) is 11.0. The Morgan fingerprint density at radius 2 is 1.94 bits per heavy atom. The highest BCUT2D eigenvalue weighted by Crippen LogP contribution is 2.29. The molecule has 0 aliphatic heterocycles. The second-order valence-electron chi connectivity index (χ2n) is 4.42. The molecule has 0 saturated heterocycles. The van der Waals surface area contributed by atoms with Crippen LogP contribution in [-0.2, 0) is 4.74 Å². The third-order valence-electron chi connectivity index (χ3n) is 2.54.